The maximum absolute atomic E-state index is 12.2. The predicted octanol–water partition coefficient (Wildman–Crippen LogP) is 0.238. The molecule has 2 amide bonds. The van der Waals surface area contributed by atoms with Crippen LogP contribution >= 0.6 is 0 Å². The molecule has 0 aliphatic heterocycles. The van der Waals surface area contributed by atoms with Crippen molar-refractivity contribution in [2.45, 2.75) is 5.75 Å². The summed E-state index contributed by atoms with van der Waals surface area (Å²) in [7, 11) is -1.64. The van der Waals surface area contributed by atoms with Gasteiger partial charge in [0, 0.05) is 0 Å². The summed E-state index contributed by atoms with van der Waals surface area (Å²) < 4.78 is 35.7. The zero-order chi connectivity index (χ0) is 20.0. The molecule has 0 spiro atoms. The summed E-state index contributed by atoms with van der Waals surface area (Å²) in [5, 5.41) is 11.2. The number of methoxy groups -OCH3 is 2. The lowest BCUT2D eigenvalue weighted by Crippen LogP contribution is -2.36. The van der Waals surface area contributed by atoms with Gasteiger partial charge >= 0.3 is 24.0 Å². The molecule has 2 rings (SSSR count). The molecule has 0 bridgehead atoms. The van der Waals surface area contributed by atoms with Crippen molar-refractivity contribution in [1.29, 1.82) is 0 Å². The SMILES string of the molecule is COc1nc(NC(=O)NS(=O)(=O)Cc2ccccc2C(=O)O)nc(OC)n1. The minimum Gasteiger partial charge on any atom is -0.478 e. The smallest absolute Gasteiger partial charge is 0.335 e. The monoisotopic (exact) mass is 397 g/mol. The van der Waals surface area contributed by atoms with E-state index >= 15 is 0 Å². The third kappa shape index (κ3) is 5.50. The second-order valence-corrected chi connectivity index (χ2v) is 6.63. The normalized spacial score (nSPS) is 10.7. The Labute approximate surface area is 153 Å². The highest BCUT2D eigenvalue weighted by Gasteiger charge is 2.20. The second-order valence-electron chi connectivity index (χ2n) is 4.91. The largest absolute Gasteiger partial charge is 0.478 e. The van der Waals surface area contributed by atoms with Crippen LogP contribution in [0.3, 0.4) is 0 Å². The number of hydrogen-bond acceptors (Lipinski definition) is 9. The van der Waals surface area contributed by atoms with Gasteiger partial charge in [-0.1, -0.05) is 18.2 Å². The van der Waals surface area contributed by atoms with Gasteiger partial charge in [0.2, 0.25) is 16.0 Å². The van der Waals surface area contributed by atoms with Gasteiger partial charge in [-0.3, -0.25) is 5.32 Å². The van der Waals surface area contributed by atoms with Crippen LogP contribution in [-0.2, 0) is 15.8 Å². The maximum atomic E-state index is 12.2. The van der Waals surface area contributed by atoms with Gasteiger partial charge in [0.05, 0.1) is 25.5 Å². The lowest BCUT2D eigenvalue weighted by Gasteiger charge is -2.10. The Kier molecular flexibility index (Phi) is 6.07. The number of carbonyl (C=O) groups excluding carboxylic acids is 1. The van der Waals surface area contributed by atoms with Crippen LogP contribution < -0.4 is 19.5 Å². The van der Waals surface area contributed by atoms with E-state index in [-0.39, 0.29) is 29.1 Å². The van der Waals surface area contributed by atoms with Crippen LogP contribution in [0.25, 0.3) is 0 Å². The molecule has 0 aliphatic carbocycles. The van der Waals surface area contributed by atoms with Gasteiger partial charge in [0.25, 0.3) is 0 Å². The molecule has 0 saturated heterocycles. The molecule has 0 saturated carbocycles. The number of amides is 2. The van der Waals surface area contributed by atoms with Gasteiger partial charge in [-0.25, -0.2) is 22.7 Å². The van der Waals surface area contributed by atoms with Crippen LogP contribution in [-0.4, -0.2) is 54.7 Å². The Hall–Kier alpha value is -3.48. The van der Waals surface area contributed by atoms with Crippen molar-refractivity contribution in [3.05, 3.63) is 35.4 Å². The number of nitrogens with one attached hydrogen (secondary N) is 2. The highest BCUT2D eigenvalue weighted by atomic mass is 32.2. The van der Waals surface area contributed by atoms with Crippen molar-refractivity contribution < 1.29 is 32.6 Å². The number of carboxylic acid groups (broad SMARTS) is 1. The lowest BCUT2D eigenvalue weighted by atomic mass is 10.1. The first kappa shape index (κ1) is 19.8. The fourth-order valence-corrected chi connectivity index (χ4v) is 3.01. The summed E-state index contributed by atoms with van der Waals surface area (Å²) in [6.07, 6.45) is 0. The summed E-state index contributed by atoms with van der Waals surface area (Å²) in [6.45, 7) is 0. The summed E-state index contributed by atoms with van der Waals surface area (Å²) in [5.74, 6) is -2.31. The van der Waals surface area contributed by atoms with Crippen LogP contribution in [0, 0.1) is 0 Å². The van der Waals surface area contributed by atoms with E-state index in [4.69, 9.17) is 14.6 Å². The molecule has 0 atom stereocenters. The van der Waals surface area contributed by atoms with Gasteiger partial charge in [-0.05, 0) is 11.6 Å². The van der Waals surface area contributed by atoms with E-state index in [1.165, 1.54) is 38.5 Å². The number of aromatic nitrogens is 3. The van der Waals surface area contributed by atoms with Gasteiger partial charge < -0.3 is 14.6 Å². The zero-order valence-electron chi connectivity index (χ0n) is 14.2. The number of anilines is 1. The third-order valence-corrected chi connectivity index (χ3v) is 4.21. The minimum absolute atomic E-state index is 0.0220. The van der Waals surface area contributed by atoms with Crippen molar-refractivity contribution in [3.8, 4) is 12.0 Å². The van der Waals surface area contributed by atoms with Crippen LogP contribution in [0.5, 0.6) is 12.0 Å². The van der Waals surface area contributed by atoms with Crippen LogP contribution in [0.1, 0.15) is 15.9 Å². The Morgan fingerprint density at radius 2 is 1.67 bits per heavy atom. The third-order valence-electron chi connectivity index (χ3n) is 3.03. The molecule has 0 radical (unpaired) electrons. The number of nitrogens with zero attached hydrogens (tertiary/aromatic N) is 3. The van der Waals surface area contributed by atoms with E-state index < -0.39 is 27.8 Å². The number of carboxylic acids is 1. The zero-order valence-corrected chi connectivity index (χ0v) is 15.0. The van der Waals surface area contributed by atoms with E-state index in [0.717, 1.165) is 0 Å². The molecule has 0 fully saturated rings. The molecule has 144 valence electrons. The first-order valence-electron chi connectivity index (χ1n) is 7.21. The van der Waals surface area contributed by atoms with Gasteiger partial charge in [-0.15, -0.1) is 4.98 Å². The van der Waals surface area contributed by atoms with Crippen molar-refractivity contribution in [2.75, 3.05) is 19.5 Å². The van der Waals surface area contributed by atoms with E-state index in [0.29, 0.717) is 0 Å². The molecule has 2 aromatic rings. The minimum atomic E-state index is -4.20. The molecule has 13 heteroatoms. The Balaban J connectivity index is 2.12. The standard InChI is InChI=1S/C14H15N5O7S/c1-25-13-16-11(17-14(18-13)26-2)15-12(22)19-27(23,24)7-8-5-3-4-6-9(8)10(20)21/h3-6H,7H2,1-2H3,(H,20,21)(H2,15,16,17,18,19,22). The summed E-state index contributed by atoms with van der Waals surface area (Å²) in [4.78, 5) is 34.3. The van der Waals surface area contributed by atoms with E-state index in [1.807, 2.05) is 0 Å². The molecule has 0 aliphatic rings. The van der Waals surface area contributed by atoms with Crippen LogP contribution in [0.4, 0.5) is 10.7 Å². The molecule has 1 aromatic heterocycles. The average Bonchev–Trinajstić information content (AvgIpc) is 2.60. The molecule has 12 nitrogen and oxygen atoms in total. The maximum Gasteiger partial charge on any atom is 0.335 e. The first-order chi connectivity index (χ1) is 12.7. The summed E-state index contributed by atoms with van der Waals surface area (Å²) >= 11 is 0. The first-order valence-corrected chi connectivity index (χ1v) is 8.86. The van der Waals surface area contributed by atoms with Crippen molar-refractivity contribution in [2.24, 2.45) is 0 Å². The van der Waals surface area contributed by atoms with Crippen molar-refractivity contribution in [3.63, 3.8) is 0 Å². The highest BCUT2D eigenvalue weighted by molar-refractivity contribution is 7.89. The second kappa shape index (κ2) is 8.27. The molecule has 1 heterocycles. The van der Waals surface area contributed by atoms with Gasteiger partial charge in [0.15, 0.2) is 0 Å². The fourth-order valence-electron chi connectivity index (χ4n) is 1.94. The van der Waals surface area contributed by atoms with Gasteiger partial charge in [-0.2, -0.15) is 9.97 Å². The number of aromatic carboxylic acids is 1. The number of ether oxygens (including phenoxy) is 2. The van der Waals surface area contributed by atoms with Crippen molar-refractivity contribution >= 4 is 28.0 Å². The van der Waals surface area contributed by atoms with Crippen LogP contribution in [0.2, 0.25) is 0 Å². The topological polar surface area (TPSA) is 170 Å². The highest BCUT2D eigenvalue weighted by Crippen LogP contribution is 2.13. The number of rotatable bonds is 7. The Morgan fingerprint density at radius 3 is 2.22 bits per heavy atom. The average molecular weight is 397 g/mol. The number of sulfonamides is 1. The van der Waals surface area contributed by atoms with Crippen molar-refractivity contribution in [1.82, 2.24) is 19.7 Å². The number of urea groups is 1. The molecule has 27 heavy (non-hydrogen) atoms. The molecule has 3 N–H and O–H groups in total. The number of benzene rings is 1. The molecule has 1 aromatic carbocycles. The quantitative estimate of drug-likeness (QED) is 0.588. The summed E-state index contributed by atoms with van der Waals surface area (Å²) in [5.41, 5.74) is -0.163. The van der Waals surface area contributed by atoms with E-state index in [9.17, 15) is 18.0 Å². The fraction of sp³-hybridized carbons (Fsp3) is 0.214. The van der Waals surface area contributed by atoms with E-state index in [1.54, 1.807) is 4.72 Å². The lowest BCUT2D eigenvalue weighted by molar-refractivity contribution is 0.0696. The van der Waals surface area contributed by atoms with E-state index in [2.05, 4.69) is 20.3 Å². The Morgan fingerprint density at radius 1 is 1.07 bits per heavy atom. The number of carbonyl (C=O) groups is 2. The van der Waals surface area contributed by atoms with Crippen LogP contribution in [0.15, 0.2) is 24.3 Å². The van der Waals surface area contributed by atoms with Gasteiger partial charge in [0.1, 0.15) is 0 Å². The Bertz CT molecular complexity index is 942. The molecular formula is C14H15N5O7S. The predicted molar refractivity (Wildman–Crippen MR) is 91.1 cm³/mol. The number of hydrogen-bond donors (Lipinski definition) is 3. The summed E-state index contributed by atoms with van der Waals surface area (Å²) in [6, 6.07) is 4.07. The molecule has 0 unspecified atom stereocenters. The molecular weight excluding hydrogens is 382 g/mol.